The summed E-state index contributed by atoms with van der Waals surface area (Å²) in [5.74, 6) is 0.721. The van der Waals surface area contributed by atoms with E-state index in [-0.39, 0.29) is 11.8 Å². The van der Waals surface area contributed by atoms with E-state index in [9.17, 15) is 4.79 Å². The van der Waals surface area contributed by atoms with E-state index >= 15 is 0 Å². The lowest BCUT2D eigenvalue weighted by molar-refractivity contribution is -0.116. The summed E-state index contributed by atoms with van der Waals surface area (Å²) in [6.07, 6.45) is 0.424. The van der Waals surface area contributed by atoms with Gasteiger partial charge in [0.15, 0.2) is 0 Å². The Bertz CT molecular complexity index is 381. The first-order valence-corrected chi connectivity index (χ1v) is 5.95. The first-order valence-electron chi connectivity index (χ1n) is 5.16. The number of nitrogens with zero attached hydrogens (tertiary/aromatic N) is 1. The average molecular weight is 286 g/mol. The topological polar surface area (TPSA) is 68.0 Å². The number of aromatic nitrogens is 1. The molecule has 0 spiro atoms. The Morgan fingerprint density at radius 1 is 1.62 bits per heavy atom. The molecule has 1 heterocycles. The molecule has 0 aromatic carbocycles. The first-order chi connectivity index (χ1) is 7.52. The zero-order chi connectivity index (χ0) is 12.1. The van der Waals surface area contributed by atoms with Crippen molar-refractivity contribution >= 4 is 27.7 Å². The highest BCUT2D eigenvalue weighted by atomic mass is 79.9. The van der Waals surface area contributed by atoms with Gasteiger partial charge in [-0.2, -0.15) is 0 Å². The fourth-order valence-corrected chi connectivity index (χ4v) is 1.43. The second-order valence-electron chi connectivity index (χ2n) is 3.86. The minimum absolute atomic E-state index is 0.0489. The zero-order valence-corrected chi connectivity index (χ0v) is 11.0. The first kappa shape index (κ1) is 13.1. The van der Waals surface area contributed by atoms with Gasteiger partial charge < -0.3 is 11.1 Å². The van der Waals surface area contributed by atoms with Crippen LogP contribution in [0, 0.1) is 12.8 Å². The quantitative estimate of drug-likeness (QED) is 0.890. The molecule has 16 heavy (non-hydrogen) atoms. The Labute approximate surface area is 104 Å². The van der Waals surface area contributed by atoms with Gasteiger partial charge >= 0.3 is 0 Å². The summed E-state index contributed by atoms with van der Waals surface area (Å²) in [4.78, 5) is 15.8. The molecular weight excluding hydrogens is 270 g/mol. The molecule has 0 saturated heterocycles. The van der Waals surface area contributed by atoms with Crippen LogP contribution in [0.1, 0.15) is 19.0 Å². The number of hydrogen-bond acceptors (Lipinski definition) is 3. The minimum Gasteiger partial charge on any atom is -0.330 e. The van der Waals surface area contributed by atoms with Gasteiger partial charge in [-0.15, -0.1) is 0 Å². The molecule has 1 rings (SSSR count). The van der Waals surface area contributed by atoms with Crippen molar-refractivity contribution in [2.24, 2.45) is 11.7 Å². The van der Waals surface area contributed by atoms with Crippen LogP contribution in [0.3, 0.4) is 0 Å². The van der Waals surface area contributed by atoms with Gasteiger partial charge in [-0.25, -0.2) is 4.98 Å². The number of nitrogens with one attached hydrogen (secondary N) is 1. The van der Waals surface area contributed by atoms with Gasteiger partial charge in [-0.3, -0.25) is 4.79 Å². The molecule has 1 amide bonds. The molecule has 1 aromatic heterocycles. The predicted molar refractivity (Wildman–Crippen MR) is 68.1 cm³/mol. The molecule has 1 aromatic rings. The molecule has 1 unspecified atom stereocenters. The lowest BCUT2D eigenvalue weighted by atomic mass is 10.1. The minimum atomic E-state index is -0.0489. The van der Waals surface area contributed by atoms with Crippen LogP contribution in [-0.4, -0.2) is 17.4 Å². The van der Waals surface area contributed by atoms with E-state index in [1.165, 1.54) is 0 Å². The second kappa shape index (κ2) is 5.96. The second-order valence-corrected chi connectivity index (χ2v) is 4.71. The summed E-state index contributed by atoms with van der Waals surface area (Å²) in [7, 11) is 0. The molecule has 4 nitrogen and oxygen atoms in total. The standard InChI is InChI=1S/C11H16BrN3O/c1-7(6-13)5-11(16)15-10-4-3-9(12)8(2)14-10/h3-4,7H,5-6,13H2,1-2H3,(H,14,15,16). The van der Waals surface area contributed by atoms with Gasteiger partial charge in [-0.05, 0) is 47.4 Å². The highest BCUT2D eigenvalue weighted by Gasteiger charge is 2.08. The lowest BCUT2D eigenvalue weighted by Gasteiger charge is -2.09. The molecule has 88 valence electrons. The van der Waals surface area contributed by atoms with Crippen LogP contribution < -0.4 is 11.1 Å². The number of hydrogen-bond donors (Lipinski definition) is 2. The number of anilines is 1. The normalized spacial score (nSPS) is 12.2. The van der Waals surface area contributed by atoms with Crippen LogP contribution in [0.4, 0.5) is 5.82 Å². The largest absolute Gasteiger partial charge is 0.330 e. The van der Waals surface area contributed by atoms with E-state index in [1.54, 1.807) is 6.07 Å². The number of rotatable bonds is 4. The number of carbonyl (C=O) groups is 1. The molecule has 0 radical (unpaired) electrons. The van der Waals surface area contributed by atoms with Crippen LogP contribution >= 0.6 is 15.9 Å². The molecule has 0 aliphatic heterocycles. The van der Waals surface area contributed by atoms with E-state index in [0.29, 0.717) is 18.8 Å². The molecule has 0 saturated carbocycles. The monoisotopic (exact) mass is 285 g/mol. The summed E-state index contributed by atoms with van der Waals surface area (Å²) in [6.45, 7) is 4.34. The third-order valence-corrected chi connectivity index (χ3v) is 3.06. The Morgan fingerprint density at radius 2 is 2.31 bits per heavy atom. The van der Waals surface area contributed by atoms with Crippen molar-refractivity contribution in [2.45, 2.75) is 20.3 Å². The summed E-state index contributed by atoms with van der Waals surface area (Å²) >= 11 is 3.36. The molecule has 0 aliphatic rings. The number of nitrogens with two attached hydrogens (primary N) is 1. The highest BCUT2D eigenvalue weighted by Crippen LogP contribution is 2.16. The SMILES string of the molecule is Cc1nc(NC(=O)CC(C)CN)ccc1Br. The van der Waals surface area contributed by atoms with Gasteiger partial charge in [0.2, 0.25) is 5.91 Å². The van der Waals surface area contributed by atoms with Gasteiger partial charge in [0, 0.05) is 10.9 Å². The summed E-state index contributed by atoms with van der Waals surface area (Å²) in [5.41, 5.74) is 6.31. The van der Waals surface area contributed by atoms with E-state index in [4.69, 9.17) is 5.73 Å². The van der Waals surface area contributed by atoms with Gasteiger partial charge in [0.1, 0.15) is 5.82 Å². The molecule has 5 heteroatoms. The van der Waals surface area contributed by atoms with Crippen LogP contribution in [0.5, 0.6) is 0 Å². The fourth-order valence-electron chi connectivity index (χ4n) is 1.21. The van der Waals surface area contributed by atoms with Crippen molar-refractivity contribution in [2.75, 3.05) is 11.9 Å². The molecule has 3 N–H and O–H groups in total. The van der Waals surface area contributed by atoms with Gasteiger partial charge in [-0.1, -0.05) is 6.92 Å². The predicted octanol–water partition coefficient (Wildman–Crippen LogP) is 2.08. The van der Waals surface area contributed by atoms with E-state index in [0.717, 1.165) is 10.2 Å². The Kier molecular flexibility index (Phi) is 4.89. The smallest absolute Gasteiger partial charge is 0.225 e. The molecule has 1 atom stereocenters. The van der Waals surface area contributed by atoms with Crippen molar-refractivity contribution in [3.8, 4) is 0 Å². The third-order valence-electron chi connectivity index (χ3n) is 2.23. The summed E-state index contributed by atoms with van der Waals surface area (Å²) < 4.78 is 0.931. The number of halogens is 1. The van der Waals surface area contributed by atoms with Crippen LogP contribution in [0.15, 0.2) is 16.6 Å². The maximum absolute atomic E-state index is 11.6. The van der Waals surface area contributed by atoms with E-state index in [1.807, 2.05) is 19.9 Å². The van der Waals surface area contributed by atoms with Crippen LogP contribution in [0.25, 0.3) is 0 Å². The maximum Gasteiger partial charge on any atom is 0.225 e. The fraction of sp³-hybridized carbons (Fsp3) is 0.455. The number of amides is 1. The van der Waals surface area contributed by atoms with Gasteiger partial charge in [0.25, 0.3) is 0 Å². The Morgan fingerprint density at radius 3 is 2.88 bits per heavy atom. The Hall–Kier alpha value is -0.940. The van der Waals surface area contributed by atoms with Crippen molar-refractivity contribution in [3.05, 3.63) is 22.3 Å². The average Bonchev–Trinajstić information content (AvgIpc) is 2.23. The lowest BCUT2D eigenvalue weighted by Crippen LogP contribution is -2.20. The number of aryl methyl sites for hydroxylation is 1. The highest BCUT2D eigenvalue weighted by molar-refractivity contribution is 9.10. The summed E-state index contributed by atoms with van der Waals surface area (Å²) in [5, 5.41) is 2.75. The molecule has 0 aliphatic carbocycles. The number of pyridine rings is 1. The van der Waals surface area contributed by atoms with E-state index < -0.39 is 0 Å². The van der Waals surface area contributed by atoms with Gasteiger partial charge in [0.05, 0.1) is 5.69 Å². The summed E-state index contributed by atoms with van der Waals surface area (Å²) in [6, 6.07) is 3.63. The third kappa shape index (κ3) is 3.90. The van der Waals surface area contributed by atoms with E-state index in [2.05, 4.69) is 26.2 Å². The maximum atomic E-state index is 11.6. The molecular formula is C11H16BrN3O. The molecule has 0 fully saturated rings. The number of carbonyl (C=O) groups excluding carboxylic acids is 1. The van der Waals surface area contributed by atoms with Crippen molar-refractivity contribution in [1.82, 2.24) is 4.98 Å². The van der Waals surface area contributed by atoms with Crippen molar-refractivity contribution in [1.29, 1.82) is 0 Å². The van der Waals surface area contributed by atoms with Crippen LogP contribution in [-0.2, 0) is 4.79 Å². The Balaban J connectivity index is 2.59. The van der Waals surface area contributed by atoms with Crippen molar-refractivity contribution in [3.63, 3.8) is 0 Å². The van der Waals surface area contributed by atoms with Crippen molar-refractivity contribution < 1.29 is 4.79 Å². The zero-order valence-electron chi connectivity index (χ0n) is 9.46. The molecule has 0 bridgehead atoms. The van der Waals surface area contributed by atoms with Crippen LogP contribution in [0.2, 0.25) is 0 Å².